The molecule has 16 atom stereocenters. The van der Waals surface area contributed by atoms with Crippen molar-refractivity contribution in [2.75, 3.05) is 92.1 Å². The van der Waals surface area contributed by atoms with Gasteiger partial charge in [0, 0.05) is 123 Å². The van der Waals surface area contributed by atoms with Crippen molar-refractivity contribution >= 4 is 52.8 Å². The van der Waals surface area contributed by atoms with Crippen LogP contribution < -0.4 is 31.9 Å². The number of nitrogens with one attached hydrogen (secondary N) is 6. The number of ketones is 3. The summed E-state index contributed by atoms with van der Waals surface area (Å²) in [6, 6.07) is -1.96. The lowest BCUT2D eigenvalue weighted by Crippen LogP contribution is -2.64. The molecule has 3 saturated heterocycles. The van der Waals surface area contributed by atoms with Crippen LogP contribution in [0.5, 0.6) is 0 Å². The first kappa shape index (κ1) is 98.2. The van der Waals surface area contributed by atoms with E-state index in [0.717, 1.165) is 0 Å². The fraction of sp³-hybridized carbons (Fsp3) is 0.877. The number of carbonyl (C=O) groups is 9. The number of aliphatic hydroxyl groups is 9. The van der Waals surface area contributed by atoms with E-state index in [9.17, 15) is 89.1 Å². The van der Waals surface area contributed by atoms with Crippen LogP contribution in [-0.2, 0) is 76.3 Å². The van der Waals surface area contributed by atoms with Crippen molar-refractivity contribution in [2.45, 2.75) is 308 Å². The van der Waals surface area contributed by atoms with E-state index in [2.05, 4.69) is 31.9 Å². The van der Waals surface area contributed by atoms with Gasteiger partial charge in [-0.15, -0.1) is 0 Å². The molecule has 105 heavy (non-hydrogen) atoms. The molecule has 0 aromatic carbocycles. The zero-order chi connectivity index (χ0) is 76.1. The highest BCUT2D eigenvalue weighted by Gasteiger charge is 2.46. The molecule has 0 aliphatic carbocycles. The van der Waals surface area contributed by atoms with Gasteiger partial charge in [0.05, 0.1) is 63.9 Å². The van der Waals surface area contributed by atoms with E-state index in [4.69, 9.17) is 33.2 Å². The minimum Gasteiger partial charge on any atom is -0.394 e. The lowest BCUT2D eigenvalue weighted by atomic mass is 9.92. The summed E-state index contributed by atoms with van der Waals surface area (Å²) in [5.41, 5.74) is 0. The molecule has 32 nitrogen and oxygen atoms in total. The van der Waals surface area contributed by atoms with Crippen LogP contribution in [0.3, 0.4) is 0 Å². The summed E-state index contributed by atoms with van der Waals surface area (Å²) >= 11 is 0. The van der Waals surface area contributed by atoms with E-state index in [1.165, 1.54) is 6.92 Å². The van der Waals surface area contributed by atoms with Crippen LogP contribution in [0.2, 0.25) is 0 Å². The molecule has 7 unspecified atom stereocenters. The molecule has 3 heterocycles. The molecule has 0 saturated carbocycles. The maximum atomic E-state index is 14.5. The lowest BCUT2D eigenvalue weighted by molar-refractivity contribution is -0.282. The normalized spacial score (nSPS) is 24.7. The Labute approximate surface area is 621 Å². The number of rotatable bonds is 58. The van der Waals surface area contributed by atoms with Crippen molar-refractivity contribution in [3.63, 3.8) is 0 Å². The Morgan fingerprint density at radius 1 is 0.400 bits per heavy atom. The third-order valence-corrected chi connectivity index (χ3v) is 18.4. The largest absolute Gasteiger partial charge is 0.394 e. The molecular weight excluding hydrogens is 1370 g/mol. The van der Waals surface area contributed by atoms with E-state index in [1.54, 1.807) is 18.7 Å². The Balaban J connectivity index is 0.0000276. The fourth-order valence-electron chi connectivity index (χ4n) is 12.2. The zero-order valence-corrected chi connectivity index (χ0v) is 61.6. The number of ether oxygens (including phenoxy) is 7. The highest BCUT2D eigenvalue weighted by Crippen LogP contribution is 2.29. The van der Waals surface area contributed by atoms with Gasteiger partial charge in [-0.2, -0.15) is 0 Å². The number of hydrogen-bond donors (Lipinski definition) is 15. The summed E-state index contributed by atoms with van der Waals surface area (Å²) in [4.78, 5) is 119. The van der Waals surface area contributed by atoms with Crippen LogP contribution in [0.4, 0.5) is 0 Å². The zero-order valence-electron chi connectivity index (χ0n) is 61.6. The first-order valence-electron chi connectivity index (χ1n) is 37.6. The summed E-state index contributed by atoms with van der Waals surface area (Å²) in [5, 5.41) is 107. The molecule has 0 radical (unpaired) electrons. The minimum atomic E-state index is -1.44. The molecule has 3 aliphatic rings. The van der Waals surface area contributed by atoms with Crippen molar-refractivity contribution < 1.29 is 122 Å². The number of amides is 6. The number of hydrogen-bond acceptors (Lipinski definition) is 26. The molecule has 612 valence electrons. The molecular formula is C73H135N7O25. The van der Waals surface area contributed by atoms with E-state index >= 15 is 0 Å². The average Bonchev–Trinajstić information content (AvgIpc) is 0.632. The maximum absolute atomic E-state index is 14.5. The molecule has 3 aliphatic heterocycles. The number of unbranched alkanes of at least 4 members (excludes halogenated alkanes) is 9. The molecule has 0 aromatic heterocycles. The summed E-state index contributed by atoms with van der Waals surface area (Å²) in [6.07, 6.45) is -3.00. The van der Waals surface area contributed by atoms with E-state index in [1.807, 2.05) is 13.8 Å². The van der Waals surface area contributed by atoms with Crippen LogP contribution in [0.15, 0.2) is 0 Å². The standard InChI is InChI=1S/C71H127N7O25.2CH4/c1-46(2)97-40-31-50(83)24-21-30-60(89)74-33-16-13-25-52(53(85)26-14-17-34-73-58(87)27-9-6-18-37-98-69-47(3)63(91)65(93)54(43-79)101-69)78(42-61(90)76-36-22-35-75-59(88)29-10-7-19-38-99-70-48(4)64(92)66(94)55(44-80)102-70)41-51(84)23-12-15-32-72-57(86)28-11-8-20-39-100-71-62(77-49(5)82)68(96)67(95)56(45-81)103-71;;/h46-48,52,54-56,62-71,79-81,91-96H,6-45H2,1-5H3,(H,72,86)(H,73,87)(H,74,89)(H,75,88)(H,76,90)(H,77,82);2*1H4/t47?,48?,52?,54?,55?,56?,62?,63-,64-,65+,66+,67+,68-,69-,70-,71-;;/m1../s1. The Morgan fingerprint density at radius 3 is 1.23 bits per heavy atom. The Kier molecular flexibility index (Phi) is 53.5. The Morgan fingerprint density at radius 2 is 0.781 bits per heavy atom. The van der Waals surface area contributed by atoms with Crippen LogP contribution in [0.25, 0.3) is 0 Å². The van der Waals surface area contributed by atoms with E-state index in [0.29, 0.717) is 122 Å². The lowest BCUT2D eigenvalue weighted by Gasteiger charge is -2.42. The van der Waals surface area contributed by atoms with Gasteiger partial charge in [0.2, 0.25) is 35.4 Å². The van der Waals surface area contributed by atoms with E-state index in [-0.39, 0.29) is 179 Å². The second-order valence-corrected chi connectivity index (χ2v) is 27.6. The quantitative estimate of drug-likeness (QED) is 0.0377. The molecule has 6 amide bonds. The molecule has 0 aromatic rings. The Bertz CT molecular complexity index is 2440. The summed E-state index contributed by atoms with van der Waals surface area (Å²) < 4.78 is 39.6. The van der Waals surface area contributed by atoms with Gasteiger partial charge in [-0.3, -0.25) is 48.1 Å². The van der Waals surface area contributed by atoms with Crippen LogP contribution in [0.1, 0.15) is 216 Å². The number of Topliss-reactive ketones (excluding diaryl/α,β-unsaturated/α-hetero) is 3. The fourth-order valence-corrected chi connectivity index (χ4v) is 12.2. The van der Waals surface area contributed by atoms with Crippen molar-refractivity contribution in [1.29, 1.82) is 0 Å². The molecule has 3 rings (SSSR count). The summed E-state index contributed by atoms with van der Waals surface area (Å²) in [5.74, 6) is -3.19. The Hall–Kier alpha value is -4.85. The molecule has 32 heteroatoms. The maximum Gasteiger partial charge on any atom is 0.234 e. The van der Waals surface area contributed by atoms with E-state index < -0.39 is 129 Å². The predicted octanol–water partition coefficient (Wildman–Crippen LogP) is 0.929. The van der Waals surface area contributed by atoms with Crippen LogP contribution in [-0.4, -0.2) is 288 Å². The monoisotopic (exact) mass is 1510 g/mol. The third-order valence-electron chi connectivity index (χ3n) is 18.4. The molecule has 0 spiro atoms. The van der Waals surface area contributed by atoms with Gasteiger partial charge in [-0.25, -0.2) is 0 Å². The van der Waals surface area contributed by atoms with Gasteiger partial charge in [0.25, 0.3) is 0 Å². The first-order valence-corrected chi connectivity index (χ1v) is 37.6. The van der Waals surface area contributed by atoms with Gasteiger partial charge in [0.15, 0.2) is 18.9 Å². The first-order chi connectivity index (χ1) is 49.3. The summed E-state index contributed by atoms with van der Waals surface area (Å²) in [7, 11) is 0. The predicted molar refractivity (Wildman–Crippen MR) is 387 cm³/mol. The van der Waals surface area contributed by atoms with Gasteiger partial charge in [-0.05, 0) is 110 Å². The smallest absolute Gasteiger partial charge is 0.234 e. The average molecular weight is 1510 g/mol. The third kappa shape index (κ3) is 40.4. The highest BCUT2D eigenvalue weighted by atomic mass is 16.7. The highest BCUT2D eigenvalue weighted by molar-refractivity contribution is 5.88. The van der Waals surface area contributed by atoms with Gasteiger partial charge >= 0.3 is 0 Å². The number of carbonyl (C=O) groups excluding carboxylic acids is 9. The van der Waals surface area contributed by atoms with Crippen LogP contribution >= 0.6 is 0 Å². The molecule has 3 fully saturated rings. The van der Waals surface area contributed by atoms with Crippen LogP contribution in [0, 0.1) is 11.8 Å². The number of nitrogens with zero attached hydrogens (tertiary/aromatic N) is 1. The number of aliphatic hydroxyl groups excluding tert-OH is 9. The second-order valence-electron chi connectivity index (χ2n) is 27.6. The second kappa shape index (κ2) is 57.3. The van der Waals surface area contributed by atoms with Crippen molar-refractivity contribution in [2.24, 2.45) is 11.8 Å². The SMILES string of the molecule is C.C.CC(=O)NC1[C@H](OCCCCCC(=O)NCCCCC(=O)CN(CC(=O)NCCCNC(=O)CCCCCO[C@@H]2OC(CO)[C@H](O)[C@H](O)C2C)C(CCCCNC(=O)CCCC(=O)CCOC(C)C)C(=O)CCCCNC(=O)CCCCCO[C@@H]2OC(CO)[C@H](O)[C@H](O)C2C)OC(CO)[C@H](O)[C@@H]1O. The van der Waals surface area contributed by atoms with Crippen molar-refractivity contribution in [3.05, 3.63) is 0 Å². The van der Waals surface area contributed by atoms with Crippen molar-refractivity contribution in [3.8, 4) is 0 Å². The molecule has 0 bridgehead atoms. The molecule has 15 N–H and O–H groups in total. The van der Waals surface area contributed by atoms with Gasteiger partial charge in [-0.1, -0.05) is 48.0 Å². The van der Waals surface area contributed by atoms with Crippen molar-refractivity contribution in [1.82, 2.24) is 36.8 Å². The summed E-state index contributed by atoms with van der Waals surface area (Å²) in [6.45, 7) is 8.61. The van der Waals surface area contributed by atoms with Gasteiger partial charge < -0.3 is 111 Å². The minimum absolute atomic E-state index is 0. The van der Waals surface area contributed by atoms with Gasteiger partial charge in [0.1, 0.15) is 66.1 Å². The topological polar surface area (TPSA) is 476 Å².